The first kappa shape index (κ1) is 13.2. The lowest BCUT2D eigenvalue weighted by molar-refractivity contribution is -0.138. The predicted octanol–water partition coefficient (Wildman–Crippen LogP) is 3.29. The third-order valence-electron chi connectivity index (χ3n) is 3.41. The van der Waals surface area contributed by atoms with Crippen LogP contribution in [0.15, 0.2) is 12.1 Å². The molecule has 0 N–H and O–H groups in total. The number of benzene rings is 1. The molecule has 0 bridgehead atoms. The van der Waals surface area contributed by atoms with E-state index < -0.39 is 0 Å². The lowest BCUT2D eigenvalue weighted by Crippen LogP contribution is -2.42. The van der Waals surface area contributed by atoms with Gasteiger partial charge < -0.3 is 14.2 Å². The van der Waals surface area contributed by atoms with Crippen LogP contribution in [0.25, 0.3) is 0 Å². The highest BCUT2D eigenvalue weighted by Crippen LogP contribution is 2.44. The van der Waals surface area contributed by atoms with Gasteiger partial charge in [-0.2, -0.15) is 0 Å². The van der Waals surface area contributed by atoms with E-state index in [0.29, 0.717) is 0 Å². The summed E-state index contributed by atoms with van der Waals surface area (Å²) in [7, 11) is 3.32. The Hall–Kier alpha value is -1.22. The van der Waals surface area contributed by atoms with E-state index in [0.717, 1.165) is 17.9 Å². The van der Waals surface area contributed by atoms with Crippen molar-refractivity contribution >= 4 is 0 Å². The average molecular weight is 250 g/mol. The highest BCUT2D eigenvalue weighted by atomic mass is 16.5. The number of hydrogen-bond donors (Lipinski definition) is 0. The summed E-state index contributed by atoms with van der Waals surface area (Å²) in [6.07, 6.45) is 0.881. The van der Waals surface area contributed by atoms with Crippen LogP contribution < -0.4 is 9.47 Å². The zero-order chi connectivity index (χ0) is 13.6. The van der Waals surface area contributed by atoms with Gasteiger partial charge in [-0.1, -0.05) is 0 Å². The monoisotopic (exact) mass is 250 g/mol. The minimum Gasteiger partial charge on any atom is -0.493 e. The SMILES string of the molecule is COc1cc2c(cc1OC)C(C)(C)OC(C)(C)C2. The van der Waals surface area contributed by atoms with Crippen molar-refractivity contribution in [3.8, 4) is 11.5 Å². The Morgan fingerprint density at radius 2 is 1.56 bits per heavy atom. The highest BCUT2D eigenvalue weighted by Gasteiger charge is 2.38. The lowest BCUT2D eigenvalue weighted by atomic mass is 9.82. The van der Waals surface area contributed by atoms with E-state index in [2.05, 4.69) is 33.8 Å². The minimum absolute atomic E-state index is 0.157. The van der Waals surface area contributed by atoms with Gasteiger partial charge in [-0.15, -0.1) is 0 Å². The Morgan fingerprint density at radius 3 is 2.11 bits per heavy atom. The van der Waals surface area contributed by atoms with Gasteiger partial charge in [0, 0.05) is 6.42 Å². The summed E-state index contributed by atoms with van der Waals surface area (Å²) in [5.74, 6) is 1.54. The molecule has 1 aliphatic heterocycles. The molecule has 1 aromatic carbocycles. The van der Waals surface area contributed by atoms with Gasteiger partial charge in [0.15, 0.2) is 11.5 Å². The lowest BCUT2D eigenvalue weighted by Gasteiger charge is -2.43. The van der Waals surface area contributed by atoms with Crippen LogP contribution in [-0.4, -0.2) is 19.8 Å². The van der Waals surface area contributed by atoms with E-state index in [9.17, 15) is 0 Å². The summed E-state index contributed by atoms with van der Waals surface area (Å²) < 4.78 is 16.9. The van der Waals surface area contributed by atoms with Crippen LogP contribution in [-0.2, 0) is 16.8 Å². The predicted molar refractivity (Wildman–Crippen MR) is 71.4 cm³/mol. The fourth-order valence-corrected chi connectivity index (χ4v) is 2.87. The topological polar surface area (TPSA) is 27.7 Å². The van der Waals surface area contributed by atoms with Crippen molar-refractivity contribution in [1.29, 1.82) is 0 Å². The standard InChI is InChI=1S/C15H22O3/c1-14(2)9-10-7-12(16-5)13(17-6)8-11(10)15(3,4)18-14/h7-8H,9H2,1-6H3. The molecular formula is C15H22O3. The van der Waals surface area contributed by atoms with Crippen LogP contribution >= 0.6 is 0 Å². The van der Waals surface area contributed by atoms with Crippen molar-refractivity contribution in [3.05, 3.63) is 23.3 Å². The quantitative estimate of drug-likeness (QED) is 0.806. The Balaban J connectivity index is 2.59. The second-order valence-corrected chi connectivity index (χ2v) is 5.91. The fraction of sp³-hybridized carbons (Fsp3) is 0.600. The number of rotatable bonds is 2. The first-order chi connectivity index (χ1) is 8.29. The van der Waals surface area contributed by atoms with Crippen molar-refractivity contribution in [3.63, 3.8) is 0 Å². The molecule has 100 valence electrons. The highest BCUT2D eigenvalue weighted by molar-refractivity contribution is 5.50. The minimum atomic E-state index is -0.309. The molecule has 0 atom stereocenters. The number of methoxy groups -OCH3 is 2. The van der Waals surface area contributed by atoms with Crippen LogP contribution in [0.5, 0.6) is 11.5 Å². The number of hydrogen-bond acceptors (Lipinski definition) is 3. The smallest absolute Gasteiger partial charge is 0.161 e. The maximum Gasteiger partial charge on any atom is 0.161 e. The van der Waals surface area contributed by atoms with Gasteiger partial charge in [0.25, 0.3) is 0 Å². The van der Waals surface area contributed by atoms with Crippen LogP contribution in [0, 0.1) is 0 Å². The van der Waals surface area contributed by atoms with Crippen LogP contribution in [0.3, 0.4) is 0 Å². The van der Waals surface area contributed by atoms with Crippen molar-refractivity contribution in [2.24, 2.45) is 0 Å². The first-order valence-corrected chi connectivity index (χ1v) is 6.24. The van der Waals surface area contributed by atoms with Gasteiger partial charge in [-0.25, -0.2) is 0 Å². The molecule has 18 heavy (non-hydrogen) atoms. The molecule has 3 nitrogen and oxygen atoms in total. The Bertz CT molecular complexity index is 461. The van der Waals surface area contributed by atoms with E-state index in [4.69, 9.17) is 14.2 Å². The normalized spacial score (nSPS) is 20.1. The molecule has 0 radical (unpaired) electrons. The van der Waals surface area contributed by atoms with Crippen molar-refractivity contribution in [2.45, 2.75) is 45.3 Å². The molecule has 1 aliphatic rings. The summed E-state index contributed by atoms with van der Waals surface area (Å²) in [6.45, 7) is 8.43. The molecule has 0 saturated heterocycles. The Morgan fingerprint density at radius 1 is 1.00 bits per heavy atom. The van der Waals surface area contributed by atoms with Crippen LogP contribution in [0.1, 0.15) is 38.8 Å². The molecule has 0 aliphatic carbocycles. The maximum absolute atomic E-state index is 6.16. The van der Waals surface area contributed by atoms with Gasteiger partial charge >= 0.3 is 0 Å². The number of ether oxygens (including phenoxy) is 3. The molecule has 0 saturated carbocycles. The molecule has 0 amide bonds. The zero-order valence-electron chi connectivity index (χ0n) is 12.1. The molecule has 0 spiro atoms. The summed E-state index contributed by atoms with van der Waals surface area (Å²) >= 11 is 0. The molecule has 0 aromatic heterocycles. The van der Waals surface area contributed by atoms with Crippen molar-refractivity contribution in [1.82, 2.24) is 0 Å². The number of fused-ring (bicyclic) bond motifs is 1. The third-order valence-corrected chi connectivity index (χ3v) is 3.41. The fourth-order valence-electron chi connectivity index (χ4n) is 2.87. The van der Waals surface area contributed by atoms with Gasteiger partial charge in [-0.3, -0.25) is 0 Å². The van der Waals surface area contributed by atoms with Crippen molar-refractivity contribution < 1.29 is 14.2 Å². The van der Waals surface area contributed by atoms with E-state index >= 15 is 0 Å². The second kappa shape index (κ2) is 4.16. The average Bonchev–Trinajstić information content (AvgIpc) is 2.24. The Labute approximate surface area is 109 Å². The largest absolute Gasteiger partial charge is 0.493 e. The molecular weight excluding hydrogens is 228 g/mol. The summed E-state index contributed by atoms with van der Waals surface area (Å²) in [4.78, 5) is 0. The first-order valence-electron chi connectivity index (χ1n) is 6.24. The summed E-state index contributed by atoms with van der Waals surface area (Å²) in [5.41, 5.74) is 1.99. The van der Waals surface area contributed by atoms with E-state index in [1.54, 1.807) is 14.2 Å². The van der Waals surface area contributed by atoms with Gasteiger partial charge in [0.2, 0.25) is 0 Å². The van der Waals surface area contributed by atoms with Gasteiger partial charge in [-0.05, 0) is 51.0 Å². The molecule has 0 unspecified atom stereocenters. The molecule has 1 aromatic rings. The van der Waals surface area contributed by atoms with Crippen molar-refractivity contribution in [2.75, 3.05) is 14.2 Å². The Kier molecular flexibility index (Phi) is 3.06. The summed E-state index contributed by atoms with van der Waals surface area (Å²) in [5, 5.41) is 0. The zero-order valence-corrected chi connectivity index (χ0v) is 12.1. The molecule has 2 rings (SSSR count). The summed E-state index contributed by atoms with van der Waals surface area (Å²) in [6, 6.07) is 4.10. The van der Waals surface area contributed by atoms with Crippen LogP contribution in [0.2, 0.25) is 0 Å². The second-order valence-electron chi connectivity index (χ2n) is 5.91. The van der Waals surface area contributed by atoms with E-state index in [1.165, 1.54) is 11.1 Å². The molecule has 1 heterocycles. The van der Waals surface area contributed by atoms with E-state index in [1.807, 2.05) is 6.07 Å². The van der Waals surface area contributed by atoms with Crippen LogP contribution in [0.4, 0.5) is 0 Å². The van der Waals surface area contributed by atoms with Gasteiger partial charge in [0.05, 0.1) is 25.4 Å². The molecule has 0 fully saturated rings. The third kappa shape index (κ3) is 2.19. The maximum atomic E-state index is 6.16. The van der Waals surface area contributed by atoms with Gasteiger partial charge in [0.1, 0.15) is 0 Å². The molecule has 3 heteroatoms. The van der Waals surface area contributed by atoms with E-state index in [-0.39, 0.29) is 11.2 Å².